The second-order valence-corrected chi connectivity index (χ2v) is 21.8. The van der Waals surface area contributed by atoms with Gasteiger partial charge in [-0.1, -0.05) is 32.3 Å². The van der Waals surface area contributed by atoms with Gasteiger partial charge in [0, 0.05) is 15.2 Å². The average molecular weight is 457 g/mol. The number of hydrogen-bond acceptors (Lipinski definition) is 0. The maximum Gasteiger partial charge on any atom is 4.00 e. The molecule has 0 spiro atoms. The zero-order valence-corrected chi connectivity index (χ0v) is 20.1. The summed E-state index contributed by atoms with van der Waals surface area (Å²) in [4.78, 5) is 0. The Hall–Kier alpha value is 0.207. The average Bonchev–Trinajstić information content (AvgIpc) is 3.09. The van der Waals surface area contributed by atoms with Crippen LogP contribution >= 0.6 is 0 Å². The van der Waals surface area contributed by atoms with Gasteiger partial charge in [-0.15, -0.1) is 45.8 Å². The molecule has 2 aromatic rings. The molecule has 0 radical (unpaired) electrons. The van der Waals surface area contributed by atoms with Crippen molar-refractivity contribution < 1.29 is 51.0 Å². The Balaban J connectivity index is 0.000000529. The second kappa shape index (κ2) is 8.54. The first-order chi connectivity index (χ1) is 9.46. The van der Waals surface area contributed by atoms with Crippen molar-refractivity contribution >= 4 is 36.3 Å². The zero-order chi connectivity index (χ0) is 14.4. The molecule has 0 bridgehead atoms. The van der Waals surface area contributed by atoms with E-state index in [1.807, 2.05) is 12.2 Å². The van der Waals surface area contributed by atoms with Crippen LogP contribution in [0.1, 0.15) is 6.42 Å². The fraction of sp³-hybridized carbons (Fsp3) is 0.278. The number of fused-ring (bicyclic) bond motifs is 3. The molecular formula is C18H22Cl2Si2Zr. The molecule has 2 aliphatic rings. The molecule has 0 N–H and O–H groups in total. The quantitative estimate of drug-likeness (QED) is 0.312. The number of hydrogen-bond donors (Lipinski definition) is 0. The topological polar surface area (TPSA) is 0 Å². The predicted octanol–water partition coefficient (Wildman–Crippen LogP) is -2.21. The van der Waals surface area contributed by atoms with Gasteiger partial charge in [-0.3, -0.25) is 6.08 Å². The van der Waals surface area contributed by atoms with Crippen LogP contribution in [0.4, 0.5) is 0 Å². The van der Waals surface area contributed by atoms with Gasteiger partial charge in [-0.25, -0.2) is 12.2 Å². The molecule has 1 heterocycles. The van der Waals surface area contributed by atoms with Crippen LogP contribution in [-0.4, -0.2) is 15.2 Å². The molecule has 0 fully saturated rings. The summed E-state index contributed by atoms with van der Waals surface area (Å²) in [5.74, 6) is 0. The van der Waals surface area contributed by atoms with E-state index in [0.29, 0.717) is 0 Å². The summed E-state index contributed by atoms with van der Waals surface area (Å²) in [6.07, 6.45) is 10.0. The molecule has 1 aliphatic carbocycles. The van der Waals surface area contributed by atoms with Gasteiger partial charge in [0.1, 0.15) is 0 Å². The second-order valence-electron chi connectivity index (χ2n) is 6.77. The Morgan fingerprint density at radius 3 is 2.22 bits per heavy atom. The summed E-state index contributed by atoms with van der Waals surface area (Å²) < 4.78 is 0. The van der Waals surface area contributed by atoms with Crippen LogP contribution in [0.3, 0.4) is 0 Å². The third kappa shape index (κ3) is 3.74. The molecule has 5 heteroatoms. The number of allylic oxidation sites excluding steroid dienone is 4. The summed E-state index contributed by atoms with van der Waals surface area (Å²) in [5.41, 5.74) is 0. The summed E-state index contributed by atoms with van der Waals surface area (Å²) >= 11 is 0. The van der Waals surface area contributed by atoms with E-state index in [1.165, 1.54) is 5.39 Å². The predicted molar refractivity (Wildman–Crippen MR) is 95.3 cm³/mol. The van der Waals surface area contributed by atoms with E-state index in [0.717, 1.165) is 6.42 Å². The SMILES string of the molecule is C[Si]1(C)c2cc3ccccc3[c-]2[Si]1(C)C.[C-]1=CC=CC1.[Cl-].[Cl-].[Zr+4]. The van der Waals surface area contributed by atoms with E-state index in [1.54, 1.807) is 15.8 Å². The fourth-order valence-electron chi connectivity index (χ4n) is 3.32. The molecular weight excluding hydrogens is 434 g/mol. The molecule has 23 heavy (non-hydrogen) atoms. The Bertz CT molecular complexity index is 705. The van der Waals surface area contributed by atoms with E-state index in [-0.39, 0.29) is 51.0 Å². The maximum absolute atomic E-state index is 2.99. The smallest absolute Gasteiger partial charge is 1.00 e. The molecule has 1 aliphatic heterocycles. The Labute approximate surface area is 173 Å². The standard InChI is InChI=1S/C13H17Si2.C5H5.2ClH.Zr/c1-14(2)12-9-10-7-5-6-8-11(10)13(12)15(14,3)4;1-2-4-5-3-1;;;/h5-9H,1-4H3;1-3H,4H2;2*1H;/q2*-1;;;+4/p-2. The van der Waals surface area contributed by atoms with Gasteiger partial charge in [0.05, 0.1) is 0 Å². The minimum absolute atomic E-state index is 0. The molecule has 0 aromatic heterocycles. The third-order valence-electron chi connectivity index (χ3n) is 5.25. The van der Waals surface area contributed by atoms with Crippen molar-refractivity contribution in [1.82, 2.24) is 0 Å². The van der Waals surface area contributed by atoms with Crippen LogP contribution in [0.25, 0.3) is 10.8 Å². The first kappa shape index (κ1) is 23.2. The van der Waals surface area contributed by atoms with Gasteiger partial charge in [-0.2, -0.15) is 12.1 Å². The minimum Gasteiger partial charge on any atom is -1.00 e. The van der Waals surface area contributed by atoms with Crippen molar-refractivity contribution in [2.24, 2.45) is 0 Å². The molecule has 120 valence electrons. The maximum atomic E-state index is 2.99. The summed E-state index contributed by atoms with van der Waals surface area (Å²) in [6.45, 7) is 10.2. The van der Waals surface area contributed by atoms with Gasteiger partial charge in [-0.05, 0) is 0 Å². The van der Waals surface area contributed by atoms with Crippen LogP contribution in [0.15, 0.2) is 48.6 Å². The van der Waals surface area contributed by atoms with Crippen molar-refractivity contribution in [3.8, 4) is 0 Å². The Morgan fingerprint density at radius 1 is 1.04 bits per heavy atom. The summed E-state index contributed by atoms with van der Waals surface area (Å²) in [6, 6.07) is 11.4. The van der Waals surface area contributed by atoms with Crippen molar-refractivity contribution in [1.29, 1.82) is 0 Å². The van der Waals surface area contributed by atoms with Gasteiger partial charge in [0.15, 0.2) is 0 Å². The van der Waals surface area contributed by atoms with Gasteiger partial charge in [0.2, 0.25) is 0 Å². The minimum atomic E-state index is -1.07. The molecule has 4 rings (SSSR count). The molecule has 0 atom stereocenters. The normalized spacial score (nSPS) is 17.6. The van der Waals surface area contributed by atoms with E-state index in [4.69, 9.17) is 0 Å². The van der Waals surface area contributed by atoms with Crippen molar-refractivity contribution in [3.05, 3.63) is 54.6 Å². The number of rotatable bonds is 0. The van der Waals surface area contributed by atoms with Crippen LogP contribution in [0.5, 0.6) is 0 Å². The van der Waals surface area contributed by atoms with E-state index in [9.17, 15) is 0 Å². The molecule has 0 amide bonds. The molecule has 0 saturated carbocycles. The monoisotopic (exact) mass is 454 g/mol. The summed E-state index contributed by atoms with van der Waals surface area (Å²) in [7, 11) is -2.12. The summed E-state index contributed by atoms with van der Waals surface area (Å²) in [5, 5.41) is 6.55. The van der Waals surface area contributed by atoms with Gasteiger partial charge < -0.3 is 24.8 Å². The number of benzene rings is 1. The van der Waals surface area contributed by atoms with Crippen molar-refractivity contribution in [2.75, 3.05) is 0 Å². The zero-order valence-electron chi connectivity index (χ0n) is 14.1. The largest absolute Gasteiger partial charge is 4.00 e. The molecule has 0 saturated heterocycles. The van der Waals surface area contributed by atoms with E-state index in [2.05, 4.69) is 68.7 Å². The number of halogens is 2. The van der Waals surface area contributed by atoms with Crippen LogP contribution in [0.2, 0.25) is 26.2 Å². The van der Waals surface area contributed by atoms with Crippen LogP contribution in [0, 0.1) is 6.08 Å². The fourth-order valence-corrected chi connectivity index (χ4v) is 13.8. The van der Waals surface area contributed by atoms with Gasteiger partial charge >= 0.3 is 26.2 Å². The molecule has 0 unspecified atom stereocenters. The third-order valence-corrected chi connectivity index (χ3v) is 23.1. The van der Waals surface area contributed by atoms with Crippen molar-refractivity contribution in [3.63, 3.8) is 0 Å². The Kier molecular flexibility index (Phi) is 8.61. The van der Waals surface area contributed by atoms with Gasteiger partial charge in [0.25, 0.3) is 0 Å². The molecule has 2 aromatic carbocycles. The van der Waals surface area contributed by atoms with Crippen molar-refractivity contribution in [2.45, 2.75) is 32.6 Å². The van der Waals surface area contributed by atoms with Crippen LogP contribution < -0.4 is 35.2 Å². The first-order valence-electron chi connectivity index (χ1n) is 7.37. The Morgan fingerprint density at radius 2 is 1.70 bits per heavy atom. The van der Waals surface area contributed by atoms with E-state index >= 15 is 0 Å². The molecule has 0 nitrogen and oxygen atoms in total. The van der Waals surface area contributed by atoms with Crippen LogP contribution in [-0.2, 0) is 26.2 Å². The van der Waals surface area contributed by atoms with E-state index < -0.39 is 15.2 Å². The first-order valence-corrected chi connectivity index (χ1v) is 14.4.